The molecule has 0 aromatic heterocycles. The fourth-order valence-corrected chi connectivity index (χ4v) is 6.21. The maximum atomic E-state index is 13.1. The monoisotopic (exact) mass is 360 g/mol. The summed E-state index contributed by atoms with van der Waals surface area (Å²) in [6, 6.07) is 0. The van der Waals surface area contributed by atoms with E-state index in [4.69, 9.17) is 14.2 Å². The first-order valence-electron chi connectivity index (χ1n) is 9.99. The smallest absolute Gasteiger partial charge is 0.309 e. The van der Waals surface area contributed by atoms with Gasteiger partial charge in [-0.1, -0.05) is 18.6 Å². The molecule has 3 aliphatic heterocycles. The molecule has 142 valence electrons. The summed E-state index contributed by atoms with van der Waals surface area (Å²) in [5, 5.41) is 10.1. The first kappa shape index (κ1) is 16.8. The van der Waals surface area contributed by atoms with Crippen molar-refractivity contribution in [3.05, 3.63) is 23.5 Å². The number of allylic oxidation sites excluding steroid dienone is 1. The molecule has 2 saturated heterocycles. The van der Waals surface area contributed by atoms with E-state index < -0.39 is 5.79 Å². The van der Waals surface area contributed by atoms with Crippen molar-refractivity contribution in [1.82, 2.24) is 0 Å². The van der Waals surface area contributed by atoms with E-state index in [2.05, 4.69) is 13.0 Å². The quantitative estimate of drug-likeness (QED) is 0.531. The summed E-state index contributed by atoms with van der Waals surface area (Å²) < 4.78 is 17.7. The van der Waals surface area contributed by atoms with Crippen LogP contribution in [0.1, 0.15) is 52.4 Å². The SMILES string of the molecule is C[C@]12OC=C3CC[C@H]4[C@H](CC=C5C[C@@H](O)CC[C@@]54C)C(=O)O[C@H](CO1)[C@@H]32. The van der Waals surface area contributed by atoms with Gasteiger partial charge in [-0.15, -0.1) is 0 Å². The number of ether oxygens (including phenoxy) is 3. The van der Waals surface area contributed by atoms with Crippen LogP contribution in [0, 0.1) is 23.2 Å². The molecule has 0 radical (unpaired) electrons. The minimum absolute atomic E-state index is 0.0135. The molecule has 1 N–H and O–H groups in total. The Morgan fingerprint density at radius 2 is 2.12 bits per heavy atom. The third kappa shape index (κ3) is 2.26. The highest BCUT2D eigenvalue weighted by atomic mass is 16.7. The first-order chi connectivity index (χ1) is 12.4. The zero-order valence-corrected chi connectivity index (χ0v) is 15.6. The largest absolute Gasteiger partial charge is 0.469 e. The van der Waals surface area contributed by atoms with Crippen LogP contribution in [0.5, 0.6) is 0 Å². The summed E-state index contributed by atoms with van der Waals surface area (Å²) in [6.07, 6.45) is 8.68. The van der Waals surface area contributed by atoms with E-state index in [-0.39, 0.29) is 41.3 Å². The third-order valence-electron chi connectivity index (χ3n) is 7.74. The maximum Gasteiger partial charge on any atom is 0.309 e. The molecule has 2 aliphatic carbocycles. The summed E-state index contributed by atoms with van der Waals surface area (Å²) in [5.74, 6) is -0.581. The molecule has 0 aromatic carbocycles. The second kappa shape index (κ2) is 5.59. The lowest BCUT2D eigenvalue weighted by Gasteiger charge is -2.49. The number of aliphatic hydroxyl groups excluding tert-OH is 1. The number of esters is 1. The lowest BCUT2D eigenvalue weighted by molar-refractivity contribution is -0.165. The van der Waals surface area contributed by atoms with E-state index in [1.54, 1.807) is 0 Å². The van der Waals surface area contributed by atoms with Crippen LogP contribution in [0.15, 0.2) is 23.5 Å². The fourth-order valence-electron chi connectivity index (χ4n) is 6.21. The van der Waals surface area contributed by atoms with Crippen molar-refractivity contribution in [1.29, 1.82) is 0 Å². The Morgan fingerprint density at radius 3 is 2.96 bits per heavy atom. The van der Waals surface area contributed by atoms with Crippen LogP contribution in [0.2, 0.25) is 0 Å². The molecule has 0 spiro atoms. The first-order valence-corrected chi connectivity index (χ1v) is 9.99. The molecule has 0 amide bonds. The molecule has 1 saturated carbocycles. The number of hydrogen-bond acceptors (Lipinski definition) is 5. The molecule has 0 bridgehead atoms. The Bertz CT molecular complexity index is 697. The number of hydrogen-bond donors (Lipinski definition) is 1. The molecule has 3 heterocycles. The summed E-state index contributed by atoms with van der Waals surface area (Å²) in [7, 11) is 0. The van der Waals surface area contributed by atoms with E-state index in [0.29, 0.717) is 6.61 Å². The zero-order valence-electron chi connectivity index (χ0n) is 15.6. The zero-order chi connectivity index (χ0) is 18.1. The molecule has 5 nitrogen and oxygen atoms in total. The number of aliphatic hydroxyl groups is 1. The minimum atomic E-state index is -0.682. The predicted molar refractivity (Wildman–Crippen MR) is 93.8 cm³/mol. The molecule has 7 atom stereocenters. The highest BCUT2D eigenvalue weighted by Crippen LogP contribution is 2.56. The lowest BCUT2D eigenvalue weighted by atomic mass is 9.55. The Labute approximate surface area is 154 Å². The van der Waals surface area contributed by atoms with Crippen LogP contribution in [0.3, 0.4) is 0 Å². The molecule has 3 fully saturated rings. The summed E-state index contributed by atoms with van der Waals surface area (Å²) in [6.45, 7) is 4.65. The number of rotatable bonds is 0. The average Bonchev–Trinajstić information content (AvgIpc) is 3.10. The van der Waals surface area contributed by atoms with Gasteiger partial charge >= 0.3 is 5.97 Å². The van der Waals surface area contributed by atoms with Gasteiger partial charge < -0.3 is 19.3 Å². The molecular formula is C21H28O5. The van der Waals surface area contributed by atoms with Crippen molar-refractivity contribution < 1.29 is 24.1 Å². The van der Waals surface area contributed by atoms with Crippen LogP contribution in [0.4, 0.5) is 0 Å². The van der Waals surface area contributed by atoms with E-state index in [1.807, 2.05) is 13.2 Å². The molecule has 0 unspecified atom stereocenters. The van der Waals surface area contributed by atoms with Crippen LogP contribution in [-0.4, -0.2) is 35.7 Å². The van der Waals surface area contributed by atoms with Gasteiger partial charge in [0.2, 0.25) is 5.79 Å². The maximum absolute atomic E-state index is 13.1. The Morgan fingerprint density at radius 1 is 1.27 bits per heavy atom. The van der Waals surface area contributed by atoms with E-state index in [9.17, 15) is 9.90 Å². The van der Waals surface area contributed by atoms with E-state index in [1.165, 1.54) is 11.1 Å². The summed E-state index contributed by atoms with van der Waals surface area (Å²) in [4.78, 5) is 13.1. The van der Waals surface area contributed by atoms with Gasteiger partial charge in [-0.05, 0) is 55.4 Å². The second-order valence-corrected chi connectivity index (χ2v) is 9.12. The minimum Gasteiger partial charge on any atom is -0.469 e. The molecule has 0 aromatic rings. The van der Waals surface area contributed by atoms with Gasteiger partial charge in [0.15, 0.2) is 0 Å². The van der Waals surface area contributed by atoms with Gasteiger partial charge in [-0.25, -0.2) is 0 Å². The molecule has 26 heavy (non-hydrogen) atoms. The van der Waals surface area contributed by atoms with Gasteiger partial charge in [0.25, 0.3) is 0 Å². The van der Waals surface area contributed by atoms with Crippen molar-refractivity contribution in [3.8, 4) is 0 Å². The van der Waals surface area contributed by atoms with Gasteiger partial charge in [0, 0.05) is 6.92 Å². The molecule has 5 aliphatic rings. The van der Waals surface area contributed by atoms with Crippen molar-refractivity contribution in [2.24, 2.45) is 23.2 Å². The fraction of sp³-hybridized carbons (Fsp3) is 0.762. The summed E-state index contributed by atoms with van der Waals surface area (Å²) >= 11 is 0. The van der Waals surface area contributed by atoms with Crippen molar-refractivity contribution in [2.45, 2.75) is 70.4 Å². The van der Waals surface area contributed by atoms with Crippen LogP contribution in [0.25, 0.3) is 0 Å². The van der Waals surface area contributed by atoms with Gasteiger partial charge in [-0.3, -0.25) is 4.79 Å². The predicted octanol–water partition coefficient (Wildman–Crippen LogP) is 3.08. The molecular weight excluding hydrogens is 332 g/mol. The van der Waals surface area contributed by atoms with E-state index in [0.717, 1.165) is 38.5 Å². The molecule has 5 heteroatoms. The third-order valence-corrected chi connectivity index (χ3v) is 7.74. The second-order valence-electron chi connectivity index (χ2n) is 9.12. The highest BCUT2D eigenvalue weighted by Gasteiger charge is 2.57. The van der Waals surface area contributed by atoms with E-state index >= 15 is 0 Å². The van der Waals surface area contributed by atoms with Crippen molar-refractivity contribution >= 4 is 5.97 Å². The normalized spacial score (nSPS) is 50.0. The number of fused-ring (bicyclic) bond motifs is 3. The van der Waals surface area contributed by atoms with Crippen LogP contribution in [-0.2, 0) is 19.0 Å². The Balaban J connectivity index is 1.50. The lowest BCUT2D eigenvalue weighted by Crippen LogP contribution is -2.45. The van der Waals surface area contributed by atoms with Crippen molar-refractivity contribution in [3.63, 3.8) is 0 Å². The number of carbonyl (C=O) groups excluding carboxylic acids is 1. The van der Waals surface area contributed by atoms with Gasteiger partial charge in [0.1, 0.15) is 6.10 Å². The van der Waals surface area contributed by atoms with Crippen molar-refractivity contribution in [2.75, 3.05) is 6.61 Å². The Kier molecular flexibility index (Phi) is 3.61. The number of carbonyl (C=O) groups is 1. The average molecular weight is 360 g/mol. The topological polar surface area (TPSA) is 65.0 Å². The standard InChI is InChI=1S/C21H28O5/c1-20-8-7-14(22)9-13(20)4-5-15-16(20)6-3-12-10-24-21(2)18(12)17(11-25-21)26-19(15)23/h4,10,14-18,22H,3,5-9,11H2,1-2H3/t14-,15-,16-,17+,18+,20-,21-/m0/s1. The summed E-state index contributed by atoms with van der Waals surface area (Å²) in [5.41, 5.74) is 2.55. The van der Waals surface area contributed by atoms with Gasteiger partial charge in [-0.2, -0.15) is 0 Å². The van der Waals surface area contributed by atoms with Crippen LogP contribution < -0.4 is 0 Å². The van der Waals surface area contributed by atoms with Crippen LogP contribution >= 0.6 is 0 Å². The highest BCUT2D eigenvalue weighted by molar-refractivity contribution is 5.74. The Hall–Kier alpha value is -1.33. The molecule has 5 rings (SSSR count). The van der Waals surface area contributed by atoms with Gasteiger partial charge in [0.05, 0.1) is 30.8 Å².